The summed E-state index contributed by atoms with van der Waals surface area (Å²) in [4.78, 5) is 11.9. The Hall–Kier alpha value is -1.66. The maximum absolute atomic E-state index is 12.1. The number of amides is 1. The lowest BCUT2D eigenvalue weighted by molar-refractivity contribution is -0.113. The van der Waals surface area contributed by atoms with Crippen molar-refractivity contribution in [3.05, 3.63) is 58.6 Å². The molecule has 0 aromatic heterocycles. The van der Waals surface area contributed by atoms with Crippen LogP contribution in [0, 0.1) is 0 Å². The van der Waals surface area contributed by atoms with Crippen molar-refractivity contribution in [1.82, 2.24) is 0 Å². The van der Waals surface area contributed by atoms with E-state index in [-0.39, 0.29) is 11.7 Å². The van der Waals surface area contributed by atoms with E-state index in [0.29, 0.717) is 18.0 Å². The highest BCUT2D eigenvalue weighted by molar-refractivity contribution is 9.10. The highest BCUT2D eigenvalue weighted by atomic mass is 79.9. The summed E-state index contributed by atoms with van der Waals surface area (Å²) in [6.45, 7) is 2.51. The second-order valence-corrected chi connectivity index (χ2v) is 7.23. The Balaban J connectivity index is 1.83. The Morgan fingerprint density at radius 1 is 1.13 bits per heavy atom. The molecule has 0 aliphatic carbocycles. The van der Waals surface area contributed by atoms with Crippen LogP contribution in [0.15, 0.2) is 53.0 Å². The highest BCUT2D eigenvalue weighted by Gasteiger charge is 2.09. The van der Waals surface area contributed by atoms with Crippen molar-refractivity contribution < 1.29 is 13.7 Å². The van der Waals surface area contributed by atoms with Crippen LogP contribution < -0.4 is 10.1 Å². The van der Waals surface area contributed by atoms with E-state index in [1.807, 2.05) is 31.2 Å². The first-order chi connectivity index (χ1) is 11.1. The van der Waals surface area contributed by atoms with Crippen molar-refractivity contribution in [2.75, 3.05) is 17.7 Å². The van der Waals surface area contributed by atoms with E-state index in [2.05, 4.69) is 21.2 Å². The average molecular weight is 396 g/mol. The molecular weight excluding hydrogens is 378 g/mol. The Morgan fingerprint density at radius 3 is 2.39 bits per heavy atom. The average Bonchev–Trinajstić information content (AvgIpc) is 2.51. The molecule has 0 fully saturated rings. The standard InChI is InChI=1S/C17H18BrNO3S/c1-2-22-16-9-7-15(8-10-16)19-17(20)12-23(21)11-13-3-5-14(18)6-4-13/h3-10H,2,11-12H2,1H3,(H,19,20)/t23-/m0/s1. The van der Waals surface area contributed by atoms with Crippen LogP contribution >= 0.6 is 15.9 Å². The number of ether oxygens (including phenoxy) is 1. The number of carbonyl (C=O) groups is 1. The van der Waals surface area contributed by atoms with Gasteiger partial charge in [-0.25, -0.2) is 0 Å². The Bertz CT molecular complexity index is 671. The topological polar surface area (TPSA) is 55.4 Å². The molecular formula is C17H18BrNO3S. The maximum atomic E-state index is 12.1. The maximum Gasteiger partial charge on any atom is 0.237 e. The Kier molecular flexibility index (Phi) is 6.80. The second kappa shape index (κ2) is 8.84. The normalized spacial score (nSPS) is 11.7. The molecule has 23 heavy (non-hydrogen) atoms. The monoisotopic (exact) mass is 395 g/mol. The molecule has 2 aromatic rings. The molecule has 1 atom stereocenters. The third-order valence-corrected chi connectivity index (χ3v) is 4.75. The van der Waals surface area contributed by atoms with Gasteiger partial charge in [-0.1, -0.05) is 28.1 Å². The number of anilines is 1. The molecule has 1 N–H and O–H groups in total. The van der Waals surface area contributed by atoms with Gasteiger partial charge in [0.25, 0.3) is 0 Å². The van der Waals surface area contributed by atoms with Gasteiger partial charge in [0, 0.05) is 26.7 Å². The molecule has 0 aliphatic heterocycles. The second-order valence-electron chi connectivity index (χ2n) is 4.86. The molecule has 0 bridgehead atoms. The van der Waals surface area contributed by atoms with E-state index in [0.717, 1.165) is 15.8 Å². The van der Waals surface area contributed by atoms with Gasteiger partial charge >= 0.3 is 0 Å². The van der Waals surface area contributed by atoms with Crippen LogP contribution in [-0.2, 0) is 21.3 Å². The fraction of sp³-hybridized carbons (Fsp3) is 0.235. The van der Waals surface area contributed by atoms with Crippen molar-refractivity contribution in [2.24, 2.45) is 0 Å². The summed E-state index contributed by atoms with van der Waals surface area (Å²) in [5, 5.41) is 2.74. The van der Waals surface area contributed by atoms with Crippen molar-refractivity contribution in [3.63, 3.8) is 0 Å². The smallest absolute Gasteiger partial charge is 0.237 e. The molecule has 6 heteroatoms. The van der Waals surface area contributed by atoms with Gasteiger partial charge in [-0.3, -0.25) is 9.00 Å². The minimum Gasteiger partial charge on any atom is -0.494 e. The molecule has 1 amide bonds. The largest absolute Gasteiger partial charge is 0.494 e. The van der Waals surface area contributed by atoms with Gasteiger partial charge in [0.05, 0.1) is 6.61 Å². The molecule has 0 heterocycles. The van der Waals surface area contributed by atoms with Gasteiger partial charge in [0.1, 0.15) is 11.5 Å². The van der Waals surface area contributed by atoms with Crippen molar-refractivity contribution >= 4 is 38.3 Å². The highest BCUT2D eigenvalue weighted by Crippen LogP contribution is 2.16. The third kappa shape index (κ3) is 6.15. The fourth-order valence-corrected chi connectivity index (χ4v) is 3.26. The van der Waals surface area contributed by atoms with E-state index < -0.39 is 10.8 Å². The quantitative estimate of drug-likeness (QED) is 0.776. The van der Waals surface area contributed by atoms with Crippen LogP contribution in [0.25, 0.3) is 0 Å². The van der Waals surface area contributed by atoms with Gasteiger partial charge in [0.15, 0.2) is 0 Å². The van der Waals surface area contributed by atoms with E-state index in [4.69, 9.17) is 4.74 Å². The zero-order valence-corrected chi connectivity index (χ0v) is 15.2. The molecule has 0 saturated heterocycles. The summed E-state index contributed by atoms with van der Waals surface area (Å²) in [6.07, 6.45) is 0. The van der Waals surface area contributed by atoms with Crippen LogP contribution in [0.1, 0.15) is 12.5 Å². The van der Waals surface area contributed by atoms with Crippen LogP contribution in [0.5, 0.6) is 5.75 Å². The van der Waals surface area contributed by atoms with Crippen LogP contribution in [0.2, 0.25) is 0 Å². The molecule has 0 saturated carbocycles. The minimum atomic E-state index is -1.24. The number of benzene rings is 2. The zero-order chi connectivity index (χ0) is 16.7. The predicted molar refractivity (Wildman–Crippen MR) is 97.1 cm³/mol. The van der Waals surface area contributed by atoms with Gasteiger partial charge in [0.2, 0.25) is 5.91 Å². The lowest BCUT2D eigenvalue weighted by atomic mass is 10.2. The van der Waals surface area contributed by atoms with Crippen molar-refractivity contribution in [3.8, 4) is 5.75 Å². The number of nitrogens with one attached hydrogen (secondary N) is 1. The van der Waals surface area contributed by atoms with E-state index in [1.165, 1.54) is 0 Å². The Morgan fingerprint density at radius 2 is 1.78 bits per heavy atom. The SMILES string of the molecule is CCOc1ccc(NC(=O)C[S@@](=O)Cc2ccc(Br)cc2)cc1. The molecule has 2 aromatic carbocycles. The van der Waals surface area contributed by atoms with Crippen molar-refractivity contribution in [1.29, 1.82) is 0 Å². The van der Waals surface area contributed by atoms with Gasteiger partial charge in [-0.15, -0.1) is 0 Å². The lowest BCUT2D eigenvalue weighted by Gasteiger charge is -2.07. The number of rotatable bonds is 7. The number of carbonyl (C=O) groups excluding carboxylic acids is 1. The van der Waals surface area contributed by atoms with Gasteiger partial charge in [-0.05, 0) is 48.9 Å². The summed E-state index contributed by atoms with van der Waals surface area (Å²) >= 11 is 3.35. The van der Waals surface area contributed by atoms with Crippen molar-refractivity contribution in [2.45, 2.75) is 12.7 Å². The molecule has 0 unspecified atom stereocenters. The molecule has 122 valence electrons. The summed E-state index contributed by atoms with van der Waals surface area (Å²) in [7, 11) is -1.24. The van der Waals surface area contributed by atoms with E-state index in [9.17, 15) is 9.00 Å². The first kappa shape index (κ1) is 17.7. The van der Waals surface area contributed by atoms with E-state index in [1.54, 1.807) is 24.3 Å². The van der Waals surface area contributed by atoms with Crippen LogP contribution in [0.4, 0.5) is 5.69 Å². The minimum absolute atomic E-state index is 0.0245. The summed E-state index contributed by atoms with van der Waals surface area (Å²) in [5.41, 5.74) is 1.61. The summed E-state index contributed by atoms with van der Waals surface area (Å²) in [6, 6.07) is 14.7. The first-order valence-corrected chi connectivity index (χ1v) is 9.47. The molecule has 4 nitrogen and oxygen atoms in total. The summed E-state index contributed by atoms with van der Waals surface area (Å²) < 4.78 is 18.4. The molecule has 0 spiro atoms. The number of hydrogen-bond acceptors (Lipinski definition) is 3. The third-order valence-electron chi connectivity index (χ3n) is 2.98. The van der Waals surface area contributed by atoms with Gasteiger partial charge in [-0.2, -0.15) is 0 Å². The first-order valence-electron chi connectivity index (χ1n) is 7.19. The lowest BCUT2D eigenvalue weighted by Crippen LogP contribution is -2.20. The summed E-state index contributed by atoms with van der Waals surface area (Å²) in [5.74, 6) is 0.835. The van der Waals surface area contributed by atoms with Gasteiger partial charge < -0.3 is 10.1 Å². The van der Waals surface area contributed by atoms with Crippen LogP contribution in [-0.4, -0.2) is 22.5 Å². The van der Waals surface area contributed by atoms with Crippen LogP contribution in [0.3, 0.4) is 0 Å². The molecule has 0 aliphatic rings. The predicted octanol–water partition coefficient (Wildman–Crippen LogP) is 3.74. The zero-order valence-electron chi connectivity index (χ0n) is 12.8. The fourth-order valence-electron chi connectivity index (χ4n) is 1.96. The molecule has 2 rings (SSSR count). The Labute approximate surface area is 146 Å². The van der Waals surface area contributed by atoms with E-state index >= 15 is 0 Å². The number of hydrogen-bond donors (Lipinski definition) is 1. The molecule has 0 radical (unpaired) electrons. The number of halogens is 1.